The first kappa shape index (κ1) is 26.0. The first-order valence-corrected chi connectivity index (χ1v) is 12.8. The maximum absolute atomic E-state index is 13.8. The molecule has 0 saturated carbocycles. The number of carbonyl (C=O) groups is 3. The number of aryl methyl sites for hydroxylation is 1. The Hall–Kier alpha value is -4.64. The molecular formula is C28H24N2O8S. The number of anilines is 1. The molecule has 1 unspecified atom stereocenters. The molecule has 4 aromatic rings. The number of amides is 1. The molecule has 1 amide bonds. The number of aliphatic hydroxyl groups excluding tert-OH is 1. The van der Waals surface area contributed by atoms with Gasteiger partial charge in [-0.3, -0.25) is 14.5 Å². The van der Waals surface area contributed by atoms with E-state index in [-0.39, 0.29) is 27.9 Å². The third-order valence-corrected chi connectivity index (χ3v) is 7.41. The van der Waals surface area contributed by atoms with Crippen LogP contribution in [0.5, 0.6) is 11.5 Å². The minimum atomic E-state index is -1.11. The standard InChI is InChI=1S/C28H24N2O8S/c1-5-37-27(34)25-14(2)29-28(39-25)30-22(16-10-11-18(35-3)19(13-16)36-4)21(24(32)26(30)33)23(31)20-12-15-8-6-7-9-17(15)38-20/h6-13,22,32H,5H2,1-4H3. The van der Waals surface area contributed by atoms with Crippen LogP contribution >= 0.6 is 11.3 Å². The fourth-order valence-electron chi connectivity index (χ4n) is 4.47. The van der Waals surface area contributed by atoms with Crippen molar-refractivity contribution in [2.75, 3.05) is 25.7 Å². The molecule has 2 aromatic heterocycles. The van der Waals surface area contributed by atoms with Gasteiger partial charge in [-0.05, 0) is 43.7 Å². The first-order valence-electron chi connectivity index (χ1n) is 11.9. The Bertz CT molecular complexity index is 1620. The van der Waals surface area contributed by atoms with Crippen LogP contribution in [0.1, 0.15) is 44.4 Å². The van der Waals surface area contributed by atoms with Crippen molar-refractivity contribution in [1.82, 2.24) is 4.98 Å². The highest BCUT2D eigenvalue weighted by molar-refractivity contribution is 7.17. The third kappa shape index (κ3) is 4.40. The van der Waals surface area contributed by atoms with Crippen LogP contribution in [0.15, 0.2) is 64.3 Å². The summed E-state index contributed by atoms with van der Waals surface area (Å²) in [7, 11) is 2.95. The zero-order valence-corrected chi connectivity index (χ0v) is 22.3. The molecule has 1 aliphatic heterocycles. The third-order valence-electron chi connectivity index (χ3n) is 6.28. The Labute approximate surface area is 227 Å². The van der Waals surface area contributed by atoms with E-state index < -0.39 is 29.5 Å². The molecule has 0 radical (unpaired) electrons. The molecular weight excluding hydrogens is 524 g/mol. The van der Waals surface area contributed by atoms with Crippen LogP contribution < -0.4 is 14.4 Å². The highest BCUT2D eigenvalue weighted by Crippen LogP contribution is 2.45. The normalized spacial score (nSPS) is 15.2. The molecule has 0 aliphatic carbocycles. The minimum Gasteiger partial charge on any atom is -0.503 e. The molecule has 0 bridgehead atoms. The Balaban J connectivity index is 1.67. The Kier molecular flexibility index (Phi) is 6.83. The number of aromatic nitrogens is 1. The Morgan fingerprint density at radius 1 is 1.10 bits per heavy atom. The van der Waals surface area contributed by atoms with Gasteiger partial charge in [0.1, 0.15) is 10.5 Å². The monoisotopic (exact) mass is 548 g/mol. The van der Waals surface area contributed by atoms with Gasteiger partial charge in [-0.15, -0.1) is 0 Å². The van der Waals surface area contributed by atoms with E-state index in [0.717, 1.165) is 11.3 Å². The van der Waals surface area contributed by atoms with Gasteiger partial charge in [-0.25, -0.2) is 9.78 Å². The second-order valence-electron chi connectivity index (χ2n) is 8.56. The summed E-state index contributed by atoms with van der Waals surface area (Å²) in [6, 6.07) is 12.4. The van der Waals surface area contributed by atoms with Crippen molar-refractivity contribution in [1.29, 1.82) is 0 Å². The summed E-state index contributed by atoms with van der Waals surface area (Å²) in [6.07, 6.45) is 0. The number of fused-ring (bicyclic) bond motifs is 1. The maximum atomic E-state index is 13.8. The average molecular weight is 549 g/mol. The number of carbonyl (C=O) groups excluding carboxylic acids is 3. The van der Waals surface area contributed by atoms with Crippen molar-refractivity contribution in [2.24, 2.45) is 0 Å². The predicted octanol–water partition coefficient (Wildman–Crippen LogP) is 5.17. The fourth-order valence-corrected chi connectivity index (χ4v) is 5.46. The summed E-state index contributed by atoms with van der Waals surface area (Å²) in [5.41, 5.74) is 1.08. The van der Waals surface area contributed by atoms with E-state index in [2.05, 4.69) is 4.98 Å². The Morgan fingerprint density at radius 2 is 1.85 bits per heavy atom. The van der Waals surface area contributed by atoms with Gasteiger partial charge in [0.25, 0.3) is 5.91 Å². The fraction of sp³-hybridized carbons (Fsp3) is 0.214. The van der Waals surface area contributed by atoms with E-state index in [9.17, 15) is 19.5 Å². The van der Waals surface area contributed by atoms with Gasteiger partial charge in [0.15, 0.2) is 28.1 Å². The number of thiazole rings is 1. The molecule has 0 spiro atoms. The molecule has 11 heteroatoms. The van der Waals surface area contributed by atoms with Gasteiger partial charge in [-0.1, -0.05) is 35.6 Å². The second-order valence-corrected chi connectivity index (χ2v) is 9.54. The molecule has 10 nitrogen and oxygen atoms in total. The number of aliphatic hydroxyl groups is 1. The van der Waals surface area contributed by atoms with Gasteiger partial charge in [0.2, 0.25) is 5.78 Å². The van der Waals surface area contributed by atoms with E-state index in [0.29, 0.717) is 33.7 Å². The lowest BCUT2D eigenvalue weighted by molar-refractivity contribution is -0.117. The van der Waals surface area contributed by atoms with Crippen molar-refractivity contribution in [3.05, 3.63) is 81.8 Å². The number of ether oxygens (including phenoxy) is 3. The molecule has 1 N–H and O–H groups in total. The van der Waals surface area contributed by atoms with Crippen LogP contribution in [0.25, 0.3) is 11.0 Å². The molecule has 1 aliphatic rings. The van der Waals surface area contributed by atoms with Crippen molar-refractivity contribution in [2.45, 2.75) is 19.9 Å². The number of para-hydroxylation sites is 1. The molecule has 39 heavy (non-hydrogen) atoms. The number of hydrogen-bond donors (Lipinski definition) is 1. The summed E-state index contributed by atoms with van der Waals surface area (Å²) >= 11 is 0.931. The molecule has 5 rings (SSSR count). The van der Waals surface area contributed by atoms with E-state index in [4.69, 9.17) is 18.6 Å². The zero-order valence-electron chi connectivity index (χ0n) is 21.5. The van der Waals surface area contributed by atoms with Crippen molar-refractivity contribution < 1.29 is 38.1 Å². The van der Waals surface area contributed by atoms with Crippen LogP contribution in [0.4, 0.5) is 5.13 Å². The van der Waals surface area contributed by atoms with Crippen molar-refractivity contribution in [3.8, 4) is 11.5 Å². The average Bonchev–Trinajstić information content (AvgIpc) is 3.62. The number of nitrogens with zero attached hydrogens (tertiary/aromatic N) is 2. The molecule has 2 aromatic carbocycles. The lowest BCUT2D eigenvalue weighted by atomic mass is 9.95. The lowest BCUT2D eigenvalue weighted by Gasteiger charge is -2.25. The summed E-state index contributed by atoms with van der Waals surface area (Å²) in [5, 5.41) is 11.9. The zero-order chi connectivity index (χ0) is 27.8. The van der Waals surface area contributed by atoms with E-state index in [1.54, 1.807) is 56.3 Å². The van der Waals surface area contributed by atoms with Crippen LogP contribution in [0.3, 0.4) is 0 Å². The Morgan fingerprint density at radius 3 is 2.54 bits per heavy atom. The first-order chi connectivity index (χ1) is 18.8. The summed E-state index contributed by atoms with van der Waals surface area (Å²) in [4.78, 5) is 45.7. The number of methoxy groups -OCH3 is 2. The minimum absolute atomic E-state index is 0.0413. The quantitative estimate of drug-likeness (QED) is 0.234. The number of benzene rings is 2. The summed E-state index contributed by atoms with van der Waals surface area (Å²) in [5.74, 6) is -2.09. The maximum Gasteiger partial charge on any atom is 0.350 e. The van der Waals surface area contributed by atoms with Crippen molar-refractivity contribution in [3.63, 3.8) is 0 Å². The van der Waals surface area contributed by atoms with Crippen LogP contribution in [-0.4, -0.2) is 48.6 Å². The van der Waals surface area contributed by atoms with Gasteiger partial charge < -0.3 is 23.7 Å². The molecule has 1 atom stereocenters. The number of Topliss-reactive ketones (excluding diaryl/α,β-unsaturated/α-hetero) is 1. The number of hydrogen-bond acceptors (Lipinski definition) is 10. The number of rotatable bonds is 8. The molecule has 0 saturated heterocycles. The van der Waals surface area contributed by atoms with Crippen LogP contribution in [-0.2, 0) is 9.53 Å². The summed E-state index contributed by atoms with van der Waals surface area (Å²) < 4.78 is 21.7. The second kappa shape index (κ2) is 10.3. The van der Waals surface area contributed by atoms with E-state index in [1.165, 1.54) is 19.1 Å². The number of esters is 1. The van der Waals surface area contributed by atoms with Gasteiger partial charge in [0, 0.05) is 5.39 Å². The number of ketones is 1. The van der Waals surface area contributed by atoms with Gasteiger partial charge in [0.05, 0.1) is 38.1 Å². The molecule has 200 valence electrons. The SMILES string of the molecule is CCOC(=O)c1sc(N2C(=O)C(O)=C(C(=O)c3cc4ccccc4o3)C2c2ccc(OC)c(OC)c2)nc1C. The van der Waals surface area contributed by atoms with Crippen LogP contribution in [0.2, 0.25) is 0 Å². The molecule has 3 heterocycles. The van der Waals surface area contributed by atoms with E-state index in [1.807, 2.05) is 6.07 Å². The highest BCUT2D eigenvalue weighted by Gasteiger charge is 2.47. The molecule has 0 fully saturated rings. The highest BCUT2D eigenvalue weighted by atomic mass is 32.1. The number of furan rings is 1. The smallest absolute Gasteiger partial charge is 0.350 e. The predicted molar refractivity (Wildman–Crippen MR) is 143 cm³/mol. The van der Waals surface area contributed by atoms with E-state index >= 15 is 0 Å². The topological polar surface area (TPSA) is 128 Å². The largest absolute Gasteiger partial charge is 0.503 e. The van der Waals surface area contributed by atoms with Gasteiger partial charge in [-0.2, -0.15) is 0 Å². The lowest BCUT2D eigenvalue weighted by Crippen LogP contribution is -2.31. The van der Waals surface area contributed by atoms with Gasteiger partial charge >= 0.3 is 5.97 Å². The van der Waals surface area contributed by atoms with Crippen molar-refractivity contribution >= 4 is 45.1 Å². The summed E-state index contributed by atoms with van der Waals surface area (Å²) in [6.45, 7) is 3.47. The van der Waals surface area contributed by atoms with Crippen LogP contribution in [0, 0.1) is 6.92 Å².